The molecular formula is C14H17BrN4S. The molecule has 1 heterocycles. The number of hydrogen-bond donors (Lipinski definition) is 2. The number of nitrogens with zero attached hydrogens (tertiary/aromatic N) is 2. The maximum absolute atomic E-state index is 4.49. The molecule has 1 aromatic carbocycles. The monoisotopic (exact) mass is 352 g/mol. The van der Waals surface area contributed by atoms with Crippen LogP contribution in [0.1, 0.15) is 12.5 Å². The SMILES string of the molecule is CCNc1cc(Nc2cccc(Br)c2C)nc(SC)n1. The van der Waals surface area contributed by atoms with E-state index in [1.807, 2.05) is 37.4 Å². The summed E-state index contributed by atoms with van der Waals surface area (Å²) in [6, 6.07) is 7.98. The molecule has 0 spiro atoms. The summed E-state index contributed by atoms with van der Waals surface area (Å²) in [6.07, 6.45) is 1.97. The van der Waals surface area contributed by atoms with Gasteiger partial charge in [-0.15, -0.1) is 0 Å². The van der Waals surface area contributed by atoms with Crippen molar-refractivity contribution in [3.05, 3.63) is 34.3 Å². The van der Waals surface area contributed by atoms with E-state index in [1.54, 1.807) is 0 Å². The van der Waals surface area contributed by atoms with Crippen molar-refractivity contribution < 1.29 is 0 Å². The molecule has 1 aromatic heterocycles. The van der Waals surface area contributed by atoms with E-state index in [0.29, 0.717) is 0 Å². The topological polar surface area (TPSA) is 49.8 Å². The first-order valence-electron chi connectivity index (χ1n) is 6.33. The average molecular weight is 353 g/mol. The van der Waals surface area contributed by atoms with E-state index in [0.717, 1.165) is 39.1 Å². The van der Waals surface area contributed by atoms with Crippen LogP contribution in [-0.2, 0) is 0 Å². The Morgan fingerprint density at radius 1 is 1.25 bits per heavy atom. The molecule has 0 saturated carbocycles. The lowest BCUT2D eigenvalue weighted by Gasteiger charge is -2.12. The fourth-order valence-electron chi connectivity index (χ4n) is 1.73. The van der Waals surface area contributed by atoms with Gasteiger partial charge in [0, 0.05) is 22.8 Å². The van der Waals surface area contributed by atoms with Gasteiger partial charge in [0.15, 0.2) is 5.16 Å². The zero-order chi connectivity index (χ0) is 14.5. The van der Waals surface area contributed by atoms with E-state index in [-0.39, 0.29) is 0 Å². The van der Waals surface area contributed by atoms with Crippen molar-refractivity contribution in [1.82, 2.24) is 9.97 Å². The highest BCUT2D eigenvalue weighted by atomic mass is 79.9. The average Bonchev–Trinajstić information content (AvgIpc) is 2.44. The van der Waals surface area contributed by atoms with Crippen LogP contribution in [0.3, 0.4) is 0 Å². The van der Waals surface area contributed by atoms with Crippen molar-refractivity contribution in [3.8, 4) is 0 Å². The van der Waals surface area contributed by atoms with E-state index >= 15 is 0 Å². The molecule has 0 saturated heterocycles. The van der Waals surface area contributed by atoms with Crippen molar-refractivity contribution in [3.63, 3.8) is 0 Å². The second kappa shape index (κ2) is 6.95. The minimum Gasteiger partial charge on any atom is -0.370 e. The predicted molar refractivity (Wildman–Crippen MR) is 90.1 cm³/mol. The number of nitrogens with one attached hydrogen (secondary N) is 2. The van der Waals surface area contributed by atoms with Crippen LogP contribution >= 0.6 is 27.7 Å². The van der Waals surface area contributed by atoms with Crippen LogP contribution in [0.4, 0.5) is 17.3 Å². The van der Waals surface area contributed by atoms with Gasteiger partial charge in [0.05, 0.1) is 0 Å². The number of halogens is 1. The van der Waals surface area contributed by atoms with Gasteiger partial charge in [0.1, 0.15) is 11.6 Å². The van der Waals surface area contributed by atoms with E-state index in [9.17, 15) is 0 Å². The van der Waals surface area contributed by atoms with Crippen molar-refractivity contribution in [1.29, 1.82) is 0 Å². The lowest BCUT2D eigenvalue weighted by atomic mass is 10.2. The molecule has 106 valence electrons. The molecule has 0 radical (unpaired) electrons. The van der Waals surface area contributed by atoms with Gasteiger partial charge in [-0.2, -0.15) is 0 Å². The van der Waals surface area contributed by atoms with Crippen LogP contribution in [-0.4, -0.2) is 22.8 Å². The molecule has 0 fully saturated rings. The fourth-order valence-corrected chi connectivity index (χ4v) is 2.48. The third kappa shape index (κ3) is 3.64. The van der Waals surface area contributed by atoms with Gasteiger partial charge in [0.2, 0.25) is 0 Å². The van der Waals surface area contributed by atoms with Crippen molar-refractivity contribution in [2.24, 2.45) is 0 Å². The molecule has 20 heavy (non-hydrogen) atoms. The van der Waals surface area contributed by atoms with E-state index < -0.39 is 0 Å². The molecule has 2 rings (SSSR count). The minimum atomic E-state index is 0.749. The van der Waals surface area contributed by atoms with Crippen LogP contribution in [0, 0.1) is 6.92 Å². The van der Waals surface area contributed by atoms with Gasteiger partial charge < -0.3 is 10.6 Å². The third-order valence-electron chi connectivity index (χ3n) is 2.78. The summed E-state index contributed by atoms with van der Waals surface area (Å²) in [5.74, 6) is 1.63. The first kappa shape index (κ1) is 15.1. The molecule has 0 unspecified atom stereocenters. The molecule has 0 amide bonds. The Hall–Kier alpha value is -1.27. The number of anilines is 3. The summed E-state index contributed by atoms with van der Waals surface area (Å²) in [7, 11) is 0. The highest BCUT2D eigenvalue weighted by Gasteiger charge is 2.06. The van der Waals surface area contributed by atoms with Crippen molar-refractivity contribution in [2.75, 3.05) is 23.4 Å². The van der Waals surface area contributed by atoms with Crippen LogP contribution in [0.5, 0.6) is 0 Å². The molecule has 2 N–H and O–H groups in total. The van der Waals surface area contributed by atoms with Gasteiger partial charge >= 0.3 is 0 Å². The Morgan fingerprint density at radius 2 is 2.00 bits per heavy atom. The molecule has 0 bridgehead atoms. The largest absolute Gasteiger partial charge is 0.370 e. The molecule has 6 heteroatoms. The van der Waals surface area contributed by atoms with Gasteiger partial charge in [-0.05, 0) is 37.8 Å². The summed E-state index contributed by atoms with van der Waals surface area (Å²) in [4.78, 5) is 8.90. The van der Waals surface area contributed by atoms with Crippen molar-refractivity contribution >= 4 is 45.0 Å². The molecular weight excluding hydrogens is 336 g/mol. The van der Waals surface area contributed by atoms with E-state index in [4.69, 9.17) is 0 Å². The first-order valence-corrected chi connectivity index (χ1v) is 8.35. The number of thioether (sulfide) groups is 1. The molecule has 0 aliphatic rings. The van der Waals surface area contributed by atoms with Gasteiger partial charge in [-0.1, -0.05) is 33.8 Å². The molecule has 4 nitrogen and oxygen atoms in total. The van der Waals surface area contributed by atoms with E-state index in [1.165, 1.54) is 11.8 Å². The Balaban J connectivity index is 2.32. The standard InChI is InChI=1S/C14H17BrN4S/c1-4-16-12-8-13(19-14(18-12)20-3)17-11-7-5-6-10(15)9(11)2/h5-8H,4H2,1-3H3,(H2,16,17,18,19). The lowest BCUT2D eigenvalue weighted by Crippen LogP contribution is -2.04. The Kier molecular flexibility index (Phi) is 5.25. The summed E-state index contributed by atoms with van der Waals surface area (Å²) in [5, 5.41) is 7.32. The maximum atomic E-state index is 4.49. The second-order valence-corrected chi connectivity index (χ2v) is 5.82. The smallest absolute Gasteiger partial charge is 0.191 e. The highest BCUT2D eigenvalue weighted by Crippen LogP contribution is 2.27. The third-order valence-corrected chi connectivity index (χ3v) is 4.18. The highest BCUT2D eigenvalue weighted by molar-refractivity contribution is 9.10. The Labute approximate surface area is 131 Å². The zero-order valence-electron chi connectivity index (χ0n) is 11.7. The lowest BCUT2D eigenvalue weighted by molar-refractivity contribution is 0.966. The van der Waals surface area contributed by atoms with E-state index in [2.05, 4.69) is 43.5 Å². The fraction of sp³-hybridized carbons (Fsp3) is 0.286. The molecule has 0 aliphatic carbocycles. The number of rotatable bonds is 5. The number of hydrogen-bond acceptors (Lipinski definition) is 5. The summed E-state index contributed by atoms with van der Waals surface area (Å²) in [5.41, 5.74) is 2.19. The first-order chi connectivity index (χ1) is 9.63. The quantitative estimate of drug-likeness (QED) is 0.615. The van der Waals surface area contributed by atoms with Gasteiger partial charge in [-0.3, -0.25) is 0 Å². The minimum absolute atomic E-state index is 0.749. The van der Waals surface area contributed by atoms with Crippen LogP contribution < -0.4 is 10.6 Å². The normalized spacial score (nSPS) is 10.4. The van der Waals surface area contributed by atoms with Crippen LogP contribution in [0.2, 0.25) is 0 Å². The van der Waals surface area contributed by atoms with Gasteiger partial charge in [0.25, 0.3) is 0 Å². The second-order valence-electron chi connectivity index (χ2n) is 4.19. The molecule has 2 aromatic rings. The van der Waals surface area contributed by atoms with Gasteiger partial charge in [-0.25, -0.2) is 9.97 Å². The summed E-state index contributed by atoms with van der Waals surface area (Å²) in [6.45, 7) is 4.95. The predicted octanol–water partition coefficient (Wildman–Crippen LogP) is 4.44. The number of benzene rings is 1. The summed E-state index contributed by atoms with van der Waals surface area (Å²) >= 11 is 5.07. The Morgan fingerprint density at radius 3 is 2.70 bits per heavy atom. The summed E-state index contributed by atoms with van der Waals surface area (Å²) < 4.78 is 1.08. The molecule has 0 aliphatic heterocycles. The Bertz CT molecular complexity index is 604. The molecule has 0 atom stereocenters. The number of aromatic nitrogens is 2. The zero-order valence-corrected chi connectivity index (χ0v) is 14.1. The van der Waals surface area contributed by atoms with Crippen LogP contribution in [0.25, 0.3) is 0 Å². The van der Waals surface area contributed by atoms with Crippen LogP contribution in [0.15, 0.2) is 33.9 Å². The van der Waals surface area contributed by atoms with Crippen molar-refractivity contribution in [2.45, 2.75) is 19.0 Å². The maximum Gasteiger partial charge on any atom is 0.191 e.